The van der Waals surface area contributed by atoms with E-state index in [1.807, 2.05) is 30.3 Å². The fourth-order valence-electron chi connectivity index (χ4n) is 2.43. The summed E-state index contributed by atoms with van der Waals surface area (Å²) in [7, 11) is 1.48. The van der Waals surface area contributed by atoms with Crippen LogP contribution in [-0.4, -0.2) is 17.9 Å². The van der Waals surface area contributed by atoms with Gasteiger partial charge in [-0.2, -0.15) is 0 Å². The Labute approximate surface area is 137 Å². The first-order valence-corrected chi connectivity index (χ1v) is 7.30. The van der Waals surface area contributed by atoms with E-state index in [1.54, 1.807) is 0 Å². The molecular formula is C17H15N3O4. The lowest BCUT2D eigenvalue weighted by Gasteiger charge is -2.10. The van der Waals surface area contributed by atoms with Crippen molar-refractivity contribution in [2.75, 3.05) is 12.4 Å². The number of hydrogen-bond donors (Lipinski definition) is 2. The summed E-state index contributed by atoms with van der Waals surface area (Å²) in [5, 5.41) is 17.5. The molecule has 7 nitrogen and oxygen atoms in total. The van der Waals surface area contributed by atoms with E-state index in [4.69, 9.17) is 4.42 Å². The van der Waals surface area contributed by atoms with Crippen molar-refractivity contribution < 1.29 is 14.1 Å². The molecule has 0 fully saturated rings. The first-order valence-electron chi connectivity index (χ1n) is 7.30. The van der Waals surface area contributed by atoms with Crippen molar-refractivity contribution in [3.63, 3.8) is 0 Å². The quantitative estimate of drug-likeness (QED) is 0.554. The Hall–Kier alpha value is -3.35. The molecule has 0 saturated carbocycles. The summed E-state index contributed by atoms with van der Waals surface area (Å²) in [5.74, 6) is 0.309. The van der Waals surface area contributed by atoms with Crippen LogP contribution in [0.15, 0.2) is 52.9 Å². The van der Waals surface area contributed by atoms with Crippen LogP contribution >= 0.6 is 0 Å². The van der Waals surface area contributed by atoms with Gasteiger partial charge in [-0.05, 0) is 18.2 Å². The Balaban J connectivity index is 1.85. The average molecular weight is 325 g/mol. The Kier molecular flexibility index (Phi) is 4.15. The number of benzene rings is 2. The maximum Gasteiger partial charge on any atom is 0.270 e. The second kappa shape index (κ2) is 6.41. The maximum atomic E-state index is 12.0. The zero-order chi connectivity index (χ0) is 17.1. The molecule has 0 aliphatic rings. The van der Waals surface area contributed by atoms with Crippen molar-refractivity contribution in [3.05, 3.63) is 70.0 Å². The highest BCUT2D eigenvalue weighted by Crippen LogP contribution is 2.24. The molecule has 24 heavy (non-hydrogen) atoms. The predicted molar refractivity (Wildman–Crippen MR) is 90.0 cm³/mol. The summed E-state index contributed by atoms with van der Waals surface area (Å²) in [6.07, 6.45) is 0. The number of nitrogens with zero attached hydrogens (tertiary/aromatic N) is 1. The molecule has 7 heteroatoms. The van der Waals surface area contributed by atoms with Gasteiger partial charge in [-0.3, -0.25) is 14.9 Å². The Bertz CT molecular complexity index is 884. The molecule has 2 aromatic carbocycles. The second-order valence-corrected chi connectivity index (χ2v) is 5.17. The molecule has 0 bridgehead atoms. The minimum atomic E-state index is -0.532. The smallest absolute Gasteiger partial charge is 0.270 e. The van der Waals surface area contributed by atoms with E-state index in [1.165, 1.54) is 25.2 Å². The van der Waals surface area contributed by atoms with Crippen molar-refractivity contribution in [3.8, 4) is 0 Å². The number of furan rings is 1. The highest BCUT2D eigenvalue weighted by molar-refractivity contribution is 6.00. The molecule has 1 aromatic heterocycles. The molecule has 0 atom stereocenters. The molecule has 0 aliphatic heterocycles. The third-order valence-corrected chi connectivity index (χ3v) is 3.62. The van der Waals surface area contributed by atoms with Gasteiger partial charge in [-0.15, -0.1) is 0 Å². The number of nitrogens with one attached hydrogen (secondary N) is 2. The molecule has 122 valence electrons. The number of rotatable bonds is 5. The molecule has 3 aromatic rings. The minimum Gasteiger partial charge on any atom is -0.459 e. The average Bonchev–Trinajstić information content (AvgIpc) is 3.02. The standard InChI is InChI=1S/C17H15N3O4/c1-18-17(21)14-9-12(20(22)23)6-7-15(14)19-10-13-8-11-4-2-3-5-16(11)24-13/h2-9,19H,10H2,1H3,(H,18,21). The van der Waals surface area contributed by atoms with Gasteiger partial charge in [0.2, 0.25) is 0 Å². The molecule has 2 N–H and O–H groups in total. The summed E-state index contributed by atoms with van der Waals surface area (Å²) in [5.41, 5.74) is 1.36. The minimum absolute atomic E-state index is 0.136. The number of nitro groups is 1. The number of carbonyl (C=O) groups excluding carboxylic acids is 1. The highest BCUT2D eigenvalue weighted by atomic mass is 16.6. The van der Waals surface area contributed by atoms with Crippen molar-refractivity contribution in [2.24, 2.45) is 0 Å². The number of amides is 1. The Morgan fingerprint density at radius 2 is 2.00 bits per heavy atom. The summed E-state index contributed by atoms with van der Waals surface area (Å²) in [4.78, 5) is 22.3. The monoisotopic (exact) mass is 325 g/mol. The van der Waals surface area contributed by atoms with E-state index in [9.17, 15) is 14.9 Å². The molecule has 3 rings (SSSR count). The molecule has 0 spiro atoms. The van der Waals surface area contributed by atoms with E-state index in [0.717, 1.165) is 11.0 Å². The first kappa shape index (κ1) is 15.5. The topological polar surface area (TPSA) is 97.4 Å². The van der Waals surface area contributed by atoms with Crippen molar-refractivity contribution in [1.82, 2.24) is 5.32 Å². The van der Waals surface area contributed by atoms with Crippen LogP contribution in [0, 0.1) is 10.1 Å². The number of carbonyl (C=O) groups is 1. The van der Waals surface area contributed by atoms with E-state index < -0.39 is 10.8 Å². The molecule has 0 aliphatic carbocycles. The van der Waals surface area contributed by atoms with E-state index in [2.05, 4.69) is 10.6 Å². The molecule has 0 radical (unpaired) electrons. The van der Waals surface area contributed by atoms with Gasteiger partial charge in [-0.1, -0.05) is 18.2 Å². The number of nitro benzene ring substituents is 1. The second-order valence-electron chi connectivity index (χ2n) is 5.17. The van der Waals surface area contributed by atoms with Gasteiger partial charge < -0.3 is 15.1 Å². The largest absolute Gasteiger partial charge is 0.459 e. The maximum absolute atomic E-state index is 12.0. The molecule has 0 saturated heterocycles. The van der Waals surface area contributed by atoms with Gasteiger partial charge in [0.1, 0.15) is 11.3 Å². The van der Waals surface area contributed by atoms with Crippen molar-refractivity contribution in [2.45, 2.75) is 6.54 Å². The molecule has 1 amide bonds. The fourth-order valence-corrected chi connectivity index (χ4v) is 2.43. The molecule has 1 heterocycles. The van der Waals surface area contributed by atoms with Crippen molar-refractivity contribution >= 4 is 28.3 Å². The van der Waals surface area contributed by atoms with Gasteiger partial charge in [0.05, 0.1) is 17.0 Å². The highest BCUT2D eigenvalue weighted by Gasteiger charge is 2.16. The van der Waals surface area contributed by atoms with Gasteiger partial charge in [-0.25, -0.2) is 0 Å². The zero-order valence-corrected chi connectivity index (χ0v) is 12.9. The number of anilines is 1. The summed E-state index contributed by atoms with van der Waals surface area (Å²) in [6, 6.07) is 13.7. The Morgan fingerprint density at radius 3 is 2.71 bits per heavy atom. The van der Waals surface area contributed by atoms with E-state index >= 15 is 0 Å². The third-order valence-electron chi connectivity index (χ3n) is 3.62. The van der Waals surface area contributed by atoms with Crippen molar-refractivity contribution in [1.29, 1.82) is 0 Å². The van der Waals surface area contributed by atoms with Crippen LogP contribution in [0.2, 0.25) is 0 Å². The van der Waals surface area contributed by atoms with Gasteiger partial charge in [0.25, 0.3) is 11.6 Å². The molecular weight excluding hydrogens is 310 g/mol. The number of non-ortho nitro benzene ring substituents is 1. The van der Waals surface area contributed by atoms with Gasteiger partial charge in [0, 0.05) is 30.3 Å². The Morgan fingerprint density at radius 1 is 1.21 bits per heavy atom. The third kappa shape index (κ3) is 3.05. The van der Waals surface area contributed by atoms with Crippen LogP contribution in [0.4, 0.5) is 11.4 Å². The number of hydrogen-bond acceptors (Lipinski definition) is 5. The molecule has 0 unspecified atom stereocenters. The zero-order valence-electron chi connectivity index (χ0n) is 12.9. The van der Waals surface area contributed by atoms with E-state index in [0.29, 0.717) is 18.0 Å². The number of para-hydroxylation sites is 1. The summed E-state index contributed by atoms with van der Waals surface area (Å²) in [6.45, 7) is 0.358. The van der Waals surface area contributed by atoms with Crippen LogP contribution < -0.4 is 10.6 Å². The van der Waals surface area contributed by atoms with E-state index in [-0.39, 0.29) is 11.3 Å². The normalized spacial score (nSPS) is 10.5. The summed E-state index contributed by atoms with van der Waals surface area (Å²) >= 11 is 0. The SMILES string of the molecule is CNC(=O)c1cc([N+](=O)[O-])ccc1NCc1cc2ccccc2o1. The lowest BCUT2D eigenvalue weighted by molar-refractivity contribution is -0.384. The number of fused-ring (bicyclic) bond motifs is 1. The van der Waals surface area contributed by atoms with Crippen LogP contribution in [-0.2, 0) is 6.54 Å². The van der Waals surface area contributed by atoms with Gasteiger partial charge in [0.15, 0.2) is 0 Å². The van der Waals surface area contributed by atoms with Crippen LogP contribution in [0.3, 0.4) is 0 Å². The van der Waals surface area contributed by atoms with Crippen LogP contribution in [0.1, 0.15) is 16.1 Å². The lowest BCUT2D eigenvalue weighted by atomic mass is 10.1. The fraction of sp³-hybridized carbons (Fsp3) is 0.118. The first-order chi connectivity index (χ1) is 11.6. The lowest BCUT2D eigenvalue weighted by Crippen LogP contribution is -2.19. The van der Waals surface area contributed by atoms with Gasteiger partial charge >= 0.3 is 0 Å². The van der Waals surface area contributed by atoms with Crippen LogP contribution in [0.5, 0.6) is 0 Å². The summed E-state index contributed by atoms with van der Waals surface area (Å²) < 4.78 is 5.71. The van der Waals surface area contributed by atoms with Crippen LogP contribution in [0.25, 0.3) is 11.0 Å². The predicted octanol–water partition coefficient (Wildman–Crippen LogP) is 3.31.